The Bertz CT molecular complexity index is 829. The Hall–Kier alpha value is -2.33. The molecule has 0 saturated heterocycles. The van der Waals surface area contributed by atoms with E-state index in [9.17, 15) is 0 Å². The highest BCUT2D eigenvalue weighted by Crippen LogP contribution is 2.31. The van der Waals surface area contributed by atoms with Gasteiger partial charge < -0.3 is 9.72 Å². The number of benzene rings is 2. The largest absolute Gasteiger partial charge is 0.431 e. The van der Waals surface area contributed by atoms with Gasteiger partial charge in [0.15, 0.2) is 0 Å². The molecule has 2 aromatic carbocycles. The number of rotatable bonds is 2. The zero-order valence-corrected chi connectivity index (χ0v) is 10.8. The molecule has 1 N–H and O–H groups in total. The summed E-state index contributed by atoms with van der Waals surface area (Å²) in [5.74, 6) is 0.800. The molecule has 4 rings (SSSR count). The lowest BCUT2D eigenvalue weighted by Crippen LogP contribution is -1.82. The second kappa shape index (κ2) is 4.10. The molecule has 0 fully saturated rings. The molecule has 19 heavy (non-hydrogen) atoms. The summed E-state index contributed by atoms with van der Waals surface area (Å²) < 4.78 is 6.97. The lowest BCUT2D eigenvalue weighted by molar-refractivity contribution is 0.481. The van der Waals surface area contributed by atoms with Crippen molar-refractivity contribution in [3.8, 4) is 10.9 Å². The van der Waals surface area contributed by atoms with Crippen LogP contribution in [0.3, 0.4) is 0 Å². The van der Waals surface area contributed by atoms with E-state index in [2.05, 4.69) is 9.97 Å². The summed E-state index contributed by atoms with van der Waals surface area (Å²) in [5, 5.41) is 1.85. The number of fused-ring (bicyclic) bond motifs is 2. The van der Waals surface area contributed by atoms with Crippen LogP contribution in [0.4, 0.5) is 0 Å². The minimum atomic E-state index is 0.673. The van der Waals surface area contributed by atoms with E-state index in [0.29, 0.717) is 5.19 Å². The van der Waals surface area contributed by atoms with Crippen molar-refractivity contribution >= 4 is 32.5 Å². The second-order valence-corrected chi connectivity index (χ2v) is 5.27. The van der Waals surface area contributed by atoms with Gasteiger partial charge in [-0.1, -0.05) is 23.5 Å². The Morgan fingerprint density at radius 3 is 2.95 bits per heavy atom. The number of aromatic nitrogens is 2. The monoisotopic (exact) mass is 266 g/mol. The zero-order valence-electron chi connectivity index (χ0n) is 9.96. The van der Waals surface area contributed by atoms with Crippen molar-refractivity contribution in [3.63, 3.8) is 0 Å². The molecule has 0 amide bonds. The van der Waals surface area contributed by atoms with Crippen LogP contribution < -0.4 is 4.74 Å². The topological polar surface area (TPSA) is 37.9 Å². The van der Waals surface area contributed by atoms with Crippen LogP contribution in [0, 0.1) is 0 Å². The molecule has 2 heterocycles. The maximum Gasteiger partial charge on any atom is 0.279 e. The predicted octanol–water partition coefficient (Wildman–Crippen LogP) is 4.57. The number of nitrogens with zero attached hydrogens (tertiary/aromatic N) is 1. The summed E-state index contributed by atoms with van der Waals surface area (Å²) >= 11 is 1.56. The number of H-pyrrole nitrogens is 1. The van der Waals surface area contributed by atoms with Crippen LogP contribution in [0.25, 0.3) is 21.1 Å². The third-order valence-corrected chi connectivity index (χ3v) is 3.92. The van der Waals surface area contributed by atoms with Gasteiger partial charge in [0.25, 0.3) is 5.19 Å². The SMILES string of the molecule is c1ccc2sc(Oc3ccc4cc[nH]c4c3)nc2c1. The minimum Gasteiger partial charge on any atom is -0.431 e. The third kappa shape index (κ3) is 1.86. The molecule has 0 atom stereocenters. The van der Waals surface area contributed by atoms with Gasteiger partial charge in [-0.3, -0.25) is 0 Å². The van der Waals surface area contributed by atoms with Crippen LogP contribution in [0.5, 0.6) is 10.9 Å². The Balaban J connectivity index is 1.72. The van der Waals surface area contributed by atoms with Crippen molar-refractivity contribution in [3.05, 3.63) is 54.7 Å². The lowest BCUT2D eigenvalue weighted by atomic mass is 10.2. The molecule has 0 aliphatic heterocycles. The van der Waals surface area contributed by atoms with Gasteiger partial charge in [0, 0.05) is 17.8 Å². The molecule has 0 unspecified atom stereocenters. The lowest BCUT2D eigenvalue weighted by Gasteiger charge is -2.00. The van der Waals surface area contributed by atoms with Crippen LogP contribution in [-0.4, -0.2) is 9.97 Å². The van der Waals surface area contributed by atoms with Crippen molar-refractivity contribution in [2.45, 2.75) is 0 Å². The van der Waals surface area contributed by atoms with E-state index in [1.54, 1.807) is 11.3 Å². The number of nitrogens with one attached hydrogen (secondary N) is 1. The molecule has 0 aliphatic rings. The second-order valence-electron chi connectivity index (χ2n) is 4.28. The van der Waals surface area contributed by atoms with E-state index in [0.717, 1.165) is 21.5 Å². The van der Waals surface area contributed by atoms with Gasteiger partial charge in [-0.25, -0.2) is 4.98 Å². The smallest absolute Gasteiger partial charge is 0.279 e. The van der Waals surface area contributed by atoms with Crippen LogP contribution >= 0.6 is 11.3 Å². The molecule has 4 aromatic rings. The van der Waals surface area contributed by atoms with Gasteiger partial charge in [0.05, 0.1) is 10.2 Å². The standard InChI is InChI=1S/C15H10N2OS/c1-2-4-14-12(3-1)17-15(19-14)18-11-6-5-10-7-8-16-13(10)9-11/h1-9,16H. The highest BCUT2D eigenvalue weighted by atomic mass is 32.1. The maximum atomic E-state index is 5.83. The van der Waals surface area contributed by atoms with Gasteiger partial charge in [-0.05, 0) is 35.7 Å². The van der Waals surface area contributed by atoms with Gasteiger partial charge in [-0.2, -0.15) is 0 Å². The molecule has 3 nitrogen and oxygen atoms in total. The average Bonchev–Trinajstić information content (AvgIpc) is 3.03. The first-order chi connectivity index (χ1) is 9.38. The van der Waals surface area contributed by atoms with E-state index >= 15 is 0 Å². The van der Waals surface area contributed by atoms with Crippen molar-refractivity contribution in [1.29, 1.82) is 0 Å². The summed E-state index contributed by atoms with van der Waals surface area (Å²) in [7, 11) is 0. The predicted molar refractivity (Wildman–Crippen MR) is 78.0 cm³/mol. The van der Waals surface area contributed by atoms with E-state index in [1.807, 2.05) is 54.7 Å². The summed E-state index contributed by atoms with van der Waals surface area (Å²) in [6, 6.07) is 16.1. The van der Waals surface area contributed by atoms with Crippen LogP contribution in [0.15, 0.2) is 54.7 Å². The molecular formula is C15H10N2OS. The Morgan fingerprint density at radius 1 is 1.05 bits per heavy atom. The molecule has 0 saturated carbocycles. The Morgan fingerprint density at radius 2 is 2.00 bits per heavy atom. The number of ether oxygens (including phenoxy) is 1. The van der Waals surface area contributed by atoms with E-state index in [1.165, 1.54) is 5.39 Å². The first kappa shape index (κ1) is 10.6. The van der Waals surface area contributed by atoms with Gasteiger partial charge in [0.2, 0.25) is 0 Å². The van der Waals surface area contributed by atoms with Gasteiger partial charge in [-0.15, -0.1) is 0 Å². The van der Waals surface area contributed by atoms with Crippen molar-refractivity contribution < 1.29 is 4.74 Å². The number of para-hydroxylation sites is 1. The molecule has 0 aliphatic carbocycles. The molecule has 4 heteroatoms. The van der Waals surface area contributed by atoms with Crippen molar-refractivity contribution in [1.82, 2.24) is 9.97 Å². The van der Waals surface area contributed by atoms with Crippen LogP contribution in [-0.2, 0) is 0 Å². The number of hydrogen-bond donors (Lipinski definition) is 1. The number of thiazole rings is 1. The normalized spacial score (nSPS) is 11.2. The minimum absolute atomic E-state index is 0.673. The molecule has 0 radical (unpaired) electrons. The van der Waals surface area contributed by atoms with Crippen molar-refractivity contribution in [2.75, 3.05) is 0 Å². The van der Waals surface area contributed by atoms with E-state index in [4.69, 9.17) is 4.74 Å². The fraction of sp³-hybridized carbons (Fsp3) is 0. The van der Waals surface area contributed by atoms with E-state index < -0.39 is 0 Å². The first-order valence-electron chi connectivity index (χ1n) is 5.99. The zero-order chi connectivity index (χ0) is 12.7. The molecule has 92 valence electrons. The number of hydrogen-bond acceptors (Lipinski definition) is 3. The maximum absolute atomic E-state index is 5.83. The fourth-order valence-corrected chi connectivity index (χ4v) is 2.92. The molecule has 2 aromatic heterocycles. The Labute approximate surface area is 113 Å². The highest BCUT2D eigenvalue weighted by Gasteiger charge is 2.06. The molecule has 0 bridgehead atoms. The first-order valence-corrected chi connectivity index (χ1v) is 6.81. The summed E-state index contributed by atoms with van der Waals surface area (Å²) in [6.07, 6.45) is 1.92. The quantitative estimate of drug-likeness (QED) is 0.577. The summed E-state index contributed by atoms with van der Waals surface area (Å²) in [4.78, 5) is 7.64. The molecular weight excluding hydrogens is 256 g/mol. The van der Waals surface area contributed by atoms with Crippen LogP contribution in [0.2, 0.25) is 0 Å². The van der Waals surface area contributed by atoms with Gasteiger partial charge in [0.1, 0.15) is 5.75 Å². The van der Waals surface area contributed by atoms with Crippen molar-refractivity contribution in [2.24, 2.45) is 0 Å². The highest BCUT2D eigenvalue weighted by molar-refractivity contribution is 7.20. The summed E-state index contributed by atoms with van der Waals surface area (Å²) in [5.41, 5.74) is 2.04. The fourth-order valence-electron chi connectivity index (χ4n) is 2.09. The number of aromatic amines is 1. The van der Waals surface area contributed by atoms with Crippen LogP contribution in [0.1, 0.15) is 0 Å². The summed E-state index contributed by atoms with van der Waals surface area (Å²) in [6.45, 7) is 0. The molecule has 0 spiro atoms. The Kier molecular flexibility index (Phi) is 2.28. The van der Waals surface area contributed by atoms with Gasteiger partial charge >= 0.3 is 0 Å². The average molecular weight is 266 g/mol. The third-order valence-electron chi connectivity index (χ3n) is 3.01. The van der Waals surface area contributed by atoms with E-state index in [-0.39, 0.29) is 0 Å².